The van der Waals surface area contributed by atoms with Crippen molar-refractivity contribution in [2.45, 2.75) is 69.9 Å². The SMILES string of the molecule is CCC1(CC)C(Br)CC1Oc1cccc2c1OC(C)(C)C2. The smallest absolute Gasteiger partial charge is 0.165 e. The summed E-state index contributed by atoms with van der Waals surface area (Å²) in [5.41, 5.74) is 1.41. The minimum absolute atomic E-state index is 0.119. The molecule has 3 rings (SSSR count). The molecule has 1 heterocycles. The van der Waals surface area contributed by atoms with Crippen molar-refractivity contribution in [1.82, 2.24) is 0 Å². The fraction of sp³-hybridized carbons (Fsp3) is 0.667. The van der Waals surface area contributed by atoms with Crippen molar-refractivity contribution < 1.29 is 9.47 Å². The van der Waals surface area contributed by atoms with Gasteiger partial charge >= 0.3 is 0 Å². The minimum Gasteiger partial charge on any atom is -0.486 e. The Morgan fingerprint density at radius 2 is 2.00 bits per heavy atom. The van der Waals surface area contributed by atoms with Gasteiger partial charge in [-0.15, -0.1) is 0 Å². The molecule has 21 heavy (non-hydrogen) atoms. The van der Waals surface area contributed by atoms with Crippen molar-refractivity contribution in [2.24, 2.45) is 5.41 Å². The Hall–Kier alpha value is -0.700. The third kappa shape index (κ3) is 2.38. The van der Waals surface area contributed by atoms with Gasteiger partial charge in [0.05, 0.1) is 0 Å². The van der Waals surface area contributed by atoms with E-state index in [9.17, 15) is 0 Å². The van der Waals surface area contributed by atoms with Gasteiger partial charge in [-0.2, -0.15) is 0 Å². The number of halogens is 1. The maximum Gasteiger partial charge on any atom is 0.165 e. The van der Waals surface area contributed by atoms with E-state index in [1.807, 2.05) is 0 Å². The standard InChI is InChI=1S/C18H25BrO2/c1-5-18(6-2)14(19)10-15(18)20-13-9-7-8-12-11-17(3,4)21-16(12)13/h7-9,14-15H,5-6,10-11H2,1-4H3. The average molecular weight is 353 g/mol. The molecule has 0 saturated heterocycles. The van der Waals surface area contributed by atoms with Gasteiger partial charge in [0.2, 0.25) is 0 Å². The molecule has 3 heteroatoms. The molecule has 0 spiro atoms. The molecule has 0 aromatic heterocycles. The van der Waals surface area contributed by atoms with E-state index in [1.165, 1.54) is 5.56 Å². The molecule has 2 atom stereocenters. The Kier molecular flexibility index (Phi) is 3.76. The summed E-state index contributed by atoms with van der Waals surface area (Å²) in [5, 5.41) is 0. The van der Waals surface area contributed by atoms with Crippen LogP contribution in [-0.2, 0) is 6.42 Å². The van der Waals surface area contributed by atoms with E-state index in [2.05, 4.69) is 61.8 Å². The van der Waals surface area contributed by atoms with Gasteiger partial charge in [-0.3, -0.25) is 0 Å². The van der Waals surface area contributed by atoms with Crippen molar-refractivity contribution in [3.63, 3.8) is 0 Å². The number of hydrogen-bond donors (Lipinski definition) is 0. The monoisotopic (exact) mass is 352 g/mol. The number of alkyl halides is 1. The van der Waals surface area contributed by atoms with Crippen LogP contribution in [0.25, 0.3) is 0 Å². The van der Waals surface area contributed by atoms with E-state index < -0.39 is 0 Å². The number of ether oxygens (including phenoxy) is 2. The quantitative estimate of drug-likeness (QED) is 0.700. The molecule has 2 aliphatic rings. The Bertz CT molecular complexity index is 534. The number of benzene rings is 1. The van der Waals surface area contributed by atoms with Gasteiger partial charge in [0.1, 0.15) is 11.7 Å². The van der Waals surface area contributed by atoms with Crippen LogP contribution in [0, 0.1) is 5.41 Å². The number of hydrogen-bond acceptors (Lipinski definition) is 2. The van der Waals surface area contributed by atoms with E-state index in [0.717, 1.165) is 37.2 Å². The molecule has 0 amide bonds. The highest BCUT2D eigenvalue weighted by molar-refractivity contribution is 9.09. The average Bonchev–Trinajstić information content (AvgIpc) is 2.74. The summed E-state index contributed by atoms with van der Waals surface area (Å²) in [7, 11) is 0. The zero-order valence-corrected chi connectivity index (χ0v) is 15.0. The molecule has 1 aliphatic heterocycles. The van der Waals surface area contributed by atoms with Crippen LogP contribution in [0.15, 0.2) is 18.2 Å². The van der Waals surface area contributed by atoms with Crippen molar-refractivity contribution in [3.05, 3.63) is 23.8 Å². The molecular formula is C18H25BrO2. The first-order valence-electron chi connectivity index (χ1n) is 8.03. The van der Waals surface area contributed by atoms with Crippen LogP contribution in [0.5, 0.6) is 11.5 Å². The molecule has 1 saturated carbocycles. The topological polar surface area (TPSA) is 18.5 Å². The molecule has 116 valence electrons. The summed E-state index contributed by atoms with van der Waals surface area (Å²) in [6, 6.07) is 6.29. The van der Waals surface area contributed by atoms with Gasteiger partial charge in [0, 0.05) is 22.2 Å². The van der Waals surface area contributed by atoms with E-state index in [1.54, 1.807) is 0 Å². The van der Waals surface area contributed by atoms with Gasteiger partial charge < -0.3 is 9.47 Å². The van der Waals surface area contributed by atoms with Crippen LogP contribution in [0.3, 0.4) is 0 Å². The van der Waals surface area contributed by atoms with E-state index >= 15 is 0 Å². The lowest BCUT2D eigenvalue weighted by Crippen LogP contribution is -2.56. The fourth-order valence-corrected chi connectivity index (χ4v) is 5.13. The fourth-order valence-electron chi connectivity index (χ4n) is 3.85. The Morgan fingerprint density at radius 1 is 1.29 bits per heavy atom. The molecule has 1 aromatic carbocycles. The second kappa shape index (κ2) is 5.19. The lowest BCUT2D eigenvalue weighted by atomic mass is 9.62. The highest BCUT2D eigenvalue weighted by Gasteiger charge is 2.53. The third-order valence-corrected chi connectivity index (χ3v) is 6.61. The van der Waals surface area contributed by atoms with Crippen LogP contribution in [-0.4, -0.2) is 16.5 Å². The molecule has 0 bridgehead atoms. The van der Waals surface area contributed by atoms with Crippen molar-refractivity contribution in [2.75, 3.05) is 0 Å². The number of rotatable bonds is 4. The van der Waals surface area contributed by atoms with E-state index in [4.69, 9.17) is 9.47 Å². The first kappa shape index (κ1) is 15.2. The Balaban J connectivity index is 1.84. The first-order chi connectivity index (χ1) is 9.92. The molecule has 1 fully saturated rings. The predicted octanol–water partition coefficient (Wildman–Crippen LogP) is 5.12. The highest BCUT2D eigenvalue weighted by Crippen LogP contribution is 2.54. The number of para-hydroxylation sites is 1. The zero-order chi connectivity index (χ0) is 15.3. The molecule has 2 unspecified atom stereocenters. The predicted molar refractivity (Wildman–Crippen MR) is 89.6 cm³/mol. The van der Waals surface area contributed by atoms with Gasteiger partial charge in [-0.25, -0.2) is 0 Å². The second-order valence-electron chi connectivity index (χ2n) is 7.03. The van der Waals surface area contributed by atoms with E-state index in [-0.39, 0.29) is 17.1 Å². The lowest BCUT2D eigenvalue weighted by molar-refractivity contribution is -0.0431. The zero-order valence-electron chi connectivity index (χ0n) is 13.4. The van der Waals surface area contributed by atoms with Gasteiger partial charge in [-0.05, 0) is 39.2 Å². The molecular weight excluding hydrogens is 328 g/mol. The maximum absolute atomic E-state index is 6.40. The normalized spacial score (nSPS) is 28.4. The Labute approximate surface area is 136 Å². The minimum atomic E-state index is -0.119. The first-order valence-corrected chi connectivity index (χ1v) is 8.95. The lowest BCUT2D eigenvalue weighted by Gasteiger charge is -2.52. The summed E-state index contributed by atoms with van der Waals surface area (Å²) >= 11 is 3.83. The summed E-state index contributed by atoms with van der Waals surface area (Å²) in [6.07, 6.45) is 4.61. The second-order valence-corrected chi connectivity index (χ2v) is 8.14. The number of fused-ring (bicyclic) bond motifs is 1. The molecule has 1 aromatic rings. The summed E-state index contributed by atoms with van der Waals surface area (Å²) < 4.78 is 12.5. The van der Waals surface area contributed by atoms with E-state index in [0.29, 0.717) is 4.83 Å². The molecule has 0 radical (unpaired) electrons. The van der Waals surface area contributed by atoms with Crippen LogP contribution in [0.1, 0.15) is 52.5 Å². The van der Waals surface area contributed by atoms with Gasteiger partial charge in [-0.1, -0.05) is 41.9 Å². The molecule has 1 aliphatic carbocycles. The summed E-state index contributed by atoms with van der Waals surface area (Å²) in [4.78, 5) is 0.569. The van der Waals surface area contributed by atoms with Gasteiger partial charge in [0.15, 0.2) is 11.5 Å². The van der Waals surface area contributed by atoms with Crippen molar-refractivity contribution >= 4 is 15.9 Å². The van der Waals surface area contributed by atoms with Gasteiger partial charge in [0.25, 0.3) is 0 Å². The Morgan fingerprint density at radius 3 is 2.62 bits per heavy atom. The summed E-state index contributed by atoms with van der Waals surface area (Å²) in [5.74, 6) is 1.88. The molecule has 0 N–H and O–H groups in total. The van der Waals surface area contributed by atoms with Crippen molar-refractivity contribution in [1.29, 1.82) is 0 Å². The highest BCUT2D eigenvalue weighted by atomic mass is 79.9. The van der Waals surface area contributed by atoms with Crippen molar-refractivity contribution in [3.8, 4) is 11.5 Å². The van der Waals surface area contributed by atoms with Crippen LogP contribution >= 0.6 is 15.9 Å². The maximum atomic E-state index is 6.40. The largest absolute Gasteiger partial charge is 0.486 e. The van der Waals surface area contributed by atoms with Crippen LogP contribution in [0.2, 0.25) is 0 Å². The van der Waals surface area contributed by atoms with Crippen LogP contribution in [0.4, 0.5) is 0 Å². The summed E-state index contributed by atoms with van der Waals surface area (Å²) in [6.45, 7) is 8.80. The molecule has 2 nitrogen and oxygen atoms in total. The third-order valence-electron chi connectivity index (χ3n) is 5.33. The van der Waals surface area contributed by atoms with Crippen LogP contribution < -0.4 is 9.47 Å².